The van der Waals surface area contributed by atoms with Gasteiger partial charge in [0.2, 0.25) is 0 Å². The van der Waals surface area contributed by atoms with E-state index in [9.17, 15) is 4.79 Å². The summed E-state index contributed by atoms with van der Waals surface area (Å²) in [5, 5.41) is 6.97. The highest BCUT2D eigenvalue weighted by Gasteiger charge is 2.07. The Morgan fingerprint density at radius 1 is 1.62 bits per heavy atom. The van der Waals surface area contributed by atoms with Crippen molar-refractivity contribution in [1.82, 2.24) is 23.8 Å². The molecule has 0 spiro atoms. The van der Waals surface area contributed by atoms with Crippen LogP contribution in [-0.2, 0) is 13.5 Å². The molecule has 0 aliphatic rings. The number of hydrogen-bond acceptors (Lipinski definition) is 5. The van der Waals surface area contributed by atoms with Crippen LogP contribution in [0.2, 0.25) is 0 Å². The zero-order chi connectivity index (χ0) is 11.4. The Bertz CT molecular complexity index is 464. The van der Waals surface area contributed by atoms with Crippen molar-refractivity contribution >= 4 is 17.6 Å². The van der Waals surface area contributed by atoms with E-state index >= 15 is 0 Å². The first-order valence-corrected chi connectivity index (χ1v) is 5.53. The second-order valence-electron chi connectivity index (χ2n) is 3.28. The summed E-state index contributed by atoms with van der Waals surface area (Å²) in [4.78, 5) is 11.5. The van der Waals surface area contributed by atoms with Crippen LogP contribution in [0.1, 0.15) is 16.2 Å². The summed E-state index contributed by atoms with van der Waals surface area (Å²) in [6.45, 7) is 0.549. The molecule has 0 aliphatic carbocycles. The molecular weight excluding hydrogens is 226 g/mol. The van der Waals surface area contributed by atoms with E-state index in [1.807, 2.05) is 19.3 Å². The van der Waals surface area contributed by atoms with E-state index in [4.69, 9.17) is 0 Å². The summed E-state index contributed by atoms with van der Waals surface area (Å²) in [6, 6.07) is 1.93. The van der Waals surface area contributed by atoms with Gasteiger partial charge in [0.05, 0.1) is 23.6 Å². The monoisotopic (exact) mass is 237 g/mol. The number of aromatic nitrogens is 4. The molecule has 7 heteroatoms. The molecular formula is C9H11N5OS. The van der Waals surface area contributed by atoms with E-state index in [1.165, 1.54) is 6.20 Å². The van der Waals surface area contributed by atoms with Crippen LogP contribution in [0.3, 0.4) is 0 Å². The van der Waals surface area contributed by atoms with Crippen LogP contribution in [-0.4, -0.2) is 31.0 Å². The predicted octanol–water partition coefficient (Wildman–Crippen LogP) is 0.244. The zero-order valence-electron chi connectivity index (χ0n) is 8.75. The summed E-state index contributed by atoms with van der Waals surface area (Å²) >= 11 is 1.02. The fourth-order valence-electron chi connectivity index (χ4n) is 1.26. The van der Waals surface area contributed by atoms with Crippen molar-refractivity contribution in [1.29, 1.82) is 0 Å². The molecule has 2 heterocycles. The maximum atomic E-state index is 11.5. The number of nitrogens with zero attached hydrogens (tertiary/aromatic N) is 4. The standard InChI is InChI=1S/C9H11N5OS/c1-14-5-3-7(12-14)2-4-10-9(15)8-6-11-16-13-8/h3,5-6H,2,4H2,1H3,(H,10,15). The first-order valence-electron chi connectivity index (χ1n) is 4.80. The van der Waals surface area contributed by atoms with Crippen molar-refractivity contribution < 1.29 is 4.79 Å². The van der Waals surface area contributed by atoms with Crippen LogP contribution >= 0.6 is 11.7 Å². The lowest BCUT2D eigenvalue weighted by Gasteiger charge is -2.00. The van der Waals surface area contributed by atoms with Crippen LogP contribution < -0.4 is 5.32 Å². The number of aryl methyl sites for hydroxylation is 1. The van der Waals surface area contributed by atoms with E-state index < -0.39 is 0 Å². The Morgan fingerprint density at radius 3 is 3.12 bits per heavy atom. The Labute approximate surface area is 96.6 Å². The first kappa shape index (κ1) is 10.7. The summed E-state index contributed by atoms with van der Waals surface area (Å²) in [5.74, 6) is -0.190. The van der Waals surface area contributed by atoms with Gasteiger partial charge in [0, 0.05) is 26.2 Å². The molecule has 0 aromatic carbocycles. The maximum absolute atomic E-state index is 11.5. The van der Waals surface area contributed by atoms with Gasteiger partial charge in [0.1, 0.15) is 0 Å². The van der Waals surface area contributed by atoms with Crippen LogP contribution in [0, 0.1) is 0 Å². The molecule has 6 nitrogen and oxygen atoms in total. The van der Waals surface area contributed by atoms with Crippen molar-refractivity contribution in [3.05, 3.63) is 29.8 Å². The summed E-state index contributed by atoms with van der Waals surface area (Å²) in [7, 11) is 1.86. The van der Waals surface area contributed by atoms with Crippen LogP contribution in [0.15, 0.2) is 18.5 Å². The molecule has 0 saturated carbocycles. The molecule has 84 valence electrons. The molecule has 0 atom stereocenters. The van der Waals surface area contributed by atoms with Gasteiger partial charge in [-0.2, -0.15) is 13.8 Å². The molecule has 1 amide bonds. The number of amides is 1. The van der Waals surface area contributed by atoms with Crippen LogP contribution in [0.4, 0.5) is 0 Å². The smallest absolute Gasteiger partial charge is 0.272 e. The zero-order valence-corrected chi connectivity index (χ0v) is 9.57. The molecule has 0 saturated heterocycles. The normalized spacial score (nSPS) is 10.3. The minimum atomic E-state index is -0.190. The van der Waals surface area contributed by atoms with E-state index in [-0.39, 0.29) is 5.91 Å². The van der Waals surface area contributed by atoms with E-state index in [1.54, 1.807) is 4.68 Å². The highest BCUT2D eigenvalue weighted by Crippen LogP contribution is 1.96. The molecule has 0 unspecified atom stereocenters. The Kier molecular flexibility index (Phi) is 3.25. The third kappa shape index (κ3) is 2.63. The van der Waals surface area contributed by atoms with Gasteiger partial charge in [-0.1, -0.05) is 0 Å². The van der Waals surface area contributed by atoms with Crippen LogP contribution in [0.5, 0.6) is 0 Å². The molecule has 0 radical (unpaired) electrons. The van der Waals surface area contributed by atoms with Crippen molar-refractivity contribution in [3.8, 4) is 0 Å². The minimum absolute atomic E-state index is 0.190. The van der Waals surface area contributed by atoms with Gasteiger partial charge in [0.25, 0.3) is 5.91 Å². The highest BCUT2D eigenvalue weighted by molar-refractivity contribution is 6.99. The maximum Gasteiger partial charge on any atom is 0.272 e. The number of hydrogen-bond donors (Lipinski definition) is 1. The summed E-state index contributed by atoms with van der Waals surface area (Å²) in [5.41, 5.74) is 1.32. The molecule has 2 aromatic heterocycles. The minimum Gasteiger partial charge on any atom is -0.350 e. The molecule has 0 bridgehead atoms. The quantitative estimate of drug-likeness (QED) is 0.827. The number of carbonyl (C=O) groups excluding carboxylic acids is 1. The Balaban J connectivity index is 1.78. The summed E-state index contributed by atoms with van der Waals surface area (Å²) in [6.07, 6.45) is 4.05. The van der Waals surface area contributed by atoms with Crippen LogP contribution in [0.25, 0.3) is 0 Å². The fourth-order valence-corrected chi connectivity index (χ4v) is 1.67. The van der Waals surface area contributed by atoms with E-state index in [2.05, 4.69) is 19.2 Å². The molecule has 1 N–H and O–H groups in total. The van der Waals surface area contributed by atoms with Crippen molar-refractivity contribution in [2.24, 2.45) is 7.05 Å². The summed E-state index contributed by atoms with van der Waals surface area (Å²) < 4.78 is 9.35. The molecule has 0 aliphatic heterocycles. The van der Waals surface area contributed by atoms with Crippen molar-refractivity contribution in [3.63, 3.8) is 0 Å². The third-order valence-electron chi connectivity index (χ3n) is 2.03. The van der Waals surface area contributed by atoms with Gasteiger partial charge in [-0.05, 0) is 6.07 Å². The first-order chi connectivity index (χ1) is 7.75. The van der Waals surface area contributed by atoms with Gasteiger partial charge in [0.15, 0.2) is 5.69 Å². The molecule has 16 heavy (non-hydrogen) atoms. The Morgan fingerprint density at radius 2 is 2.50 bits per heavy atom. The number of nitrogens with one attached hydrogen (secondary N) is 1. The molecule has 2 aromatic rings. The Hall–Kier alpha value is -1.76. The second-order valence-corrected chi connectivity index (χ2v) is 3.84. The average Bonchev–Trinajstić information content (AvgIpc) is 2.89. The van der Waals surface area contributed by atoms with Gasteiger partial charge < -0.3 is 5.32 Å². The van der Waals surface area contributed by atoms with E-state index in [0.717, 1.165) is 17.4 Å². The van der Waals surface area contributed by atoms with Gasteiger partial charge >= 0.3 is 0 Å². The fraction of sp³-hybridized carbons (Fsp3) is 0.333. The van der Waals surface area contributed by atoms with E-state index in [0.29, 0.717) is 18.7 Å². The predicted molar refractivity (Wildman–Crippen MR) is 59.2 cm³/mol. The second kappa shape index (κ2) is 4.84. The highest BCUT2D eigenvalue weighted by atomic mass is 32.1. The largest absolute Gasteiger partial charge is 0.350 e. The lowest BCUT2D eigenvalue weighted by Crippen LogP contribution is -2.26. The van der Waals surface area contributed by atoms with Gasteiger partial charge in [-0.15, -0.1) is 0 Å². The third-order valence-corrected chi connectivity index (χ3v) is 2.51. The lowest BCUT2D eigenvalue weighted by atomic mass is 10.3. The van der Waals surface area contributed by atoms with Crippen molar-refractivity contribution in [2.45, 2.75) is 6.42 Å². The number of rotatable bonds is 4. The SMILES string of the molecule is Cn1ccc(CCNC(=O)c2cnsn2)n1. The topological polar surface area (TPSA) is 72.7 Å². The average molecular weight is 237 g/mol. The number of carbonyl (C=O) groups is 1. The van der Waals surface area contributed by atoms with Gasteiger partial charge in [-0.25, -0.2) is 0 Å². The lowest BCUT2D eigenvalue weighted by molar-refractivity contribution is 0.0950. The molecule has 0 fully saturated rings. The van der Waals surface area contributed by atoms with Crippen molar-refractivity contribution in [2.75, 3.05) is 6.54 Å². The van der Waals surface area contributed by atoms with Gasteiger partial charge in [-0.3, -0.25) is 9.48 Å². The molecule has 2 rings (SSSR count).